The highest BCUT2D eigenvalue weighted by atomic mass is 16.1. The highest BCUT2D eigenvalue weighted by Crippen LogP contribution is 2.18. The number of amides is 1. The molecule has 1 heterocycles. The van der Waals surface area contributed by atoms with E-state index in [-0.39, 0.29) is 11.9 Å². The van der Waals surface area contributed by atoms with Crippen molar-refractivity contribution in [3.63, 3.8) is 0 Å². The lowest BCUT2D eigenvalue weighted by Crippen LogP contribution is -2.29. The topological polar surface area (TPSA) is 32.3 Å². The lowest BCUT2D eigenvalue weighted by atomic mass is 10.0. The largest absolute Gasteiger partial charge is 0.345 e. The Morgan fingerprint density at radius 2 is 1.68 bits per heavy atom. The molecule has 2 aromatic rings. The number of piperidine rings is 1. The Balaban J connectivity index is 1.60. The zero-order chi connectivity index (χ0) is 17.5. The first kappa shape index (κ1) is 17.7. The smallest absolute Gasteiger partial charge is 0.251 e. The van der Waals surface area contributed by atoms with E-state index < -0.39 is 0 Å². The molecule has 25 heavy (non-hydrogen) atoms. The first-order valence-corrected chi connectivity index (χ1v) is 9.43. The lowest BCUT2D eigenvalue weighted by Gasteiger charge is -2.26. The Morgan fingerprint density at radius 1 is 1.00 bits per heavy atom. The fourth-order valence-electron chi connectivity index (χ4n) is 3.49. The van der Waals surface area contributed by atoms with Crippen molar-refractivity contribution >= 4 is 5.91 Å². The van der Waals surface area contributed by atoms with Gasteiger partial charge in [-0.25, -0.2) is 0 Å². The predicted octanol–water partition coefficient (Wildman–Crippen LogP) is 4.55. The molecule has 0 aliphatic carbocycles. The van der Waals surface area contributed by atoms with Crippen molar-refractivity contribution in [2.45, 2.75) is 45.2 Å². The number of nitrogens with zero attached hydrogens (tertiary/aromatic N) is 1. The molecular formula is C22H28N2O. The Bertz CT molecular complexity index is 660. The molecule has 0 spiro atoms. The van der Waals surface area contributed by atoms with Crippen LogP contribution in [0.4, 0.5) is 0 Å². The van der Waals surface area contributed by atoms with Crippen LogP contribution < -0.4 is 5.32 Å². The zero-order valence-corrected chi connectivity index (χ0v) is 15.1. The van der Waals surface area contributed by atoms with Crippen LogP contribution in [0, 0.1) is 0 Å². The van der Waals surface area contributed by atoms with Gasteiger partial charge in [-0.2, -0.15) is 0 Å². The third-order valence-electron chi connectivity index (χ3n) is 4.99. The lowest BCUT2D eigenvalue weighted by molar-refractivity contribution is 0.0935. The standard InChI is InChI=1S/C22H28N2O/c1-2-21(19-9-5-3-6-10-19)23-22(25)20-13-11-18(12-14-20)17-24-15-7-4-8-16-24/h3,5-6,9-14,21H,2,4,7-8,15-17H2,1H3,(H,23,25). The number of carbonyl (C=O) groups excluding carboxylic acids is 1. The van der Waals surface area contributed by atoms with Gasteiger partial charge in [0.25, 0.3) is 5.91 Å². The van der Waals surface area contributed by atoms with Crippen LogP contribution in [0.25, 0.3) is 0 Å². The maximum absolute atomic E-state index is 12.6. The molecule has 1 unspecified atom stereocenters. The van der Waals surface area contributed by atoms with Gasteiger partial charge in [0, 0.05) is 12.1 Å². The van der Waals surface area contributed by atoms with E-state index in [1.165, 1.54) is 37.9 Å². The SMILES string of the molecule is CCC(NC(=O)c1ccc(CN2CCCCC2)cc1)c1ccccc1. The average Bonchev–Trinajstić information content (AvgIpc) is 2.68. The van der Waals surface area contributed by atoms with Crippen LogP contribution in [0.5, 0.6) is 0 Å². The van der Waals surface area contributed by atoms with Crippen molar-refractivity contribution < 1.29 is 4.79 Å². The van der Waals surface area contributed by atoms with Crippen molar-refractivity contribution in [1.82, 2.24) is 10.2 Å². The molecule has 0 aromatic heterocycles. The van der Waals surface area contributed by atoms with Crippen LogP contribution in [0.3, 0.4) is 0 Å². The fourth-order valence-corrected chi connectivity index (χ4v) is 3.49. The molecule has 1 amide bonds. The summed E-state index contributed by atoms with van der Waals surface area (Å²) in [5.41, 5.74) is 3.17. The molecule has 3 nitrogen and oxygen atoms in total. The first-order valence-electron chi connectivity index (χ1n) is 9.43. The van der Waals surface area contributed by atoms with E-state index >= 15 is 0 Å². The van der Waals surface area contributed by atoms with Crippen LogP contribution in [0.15, 0.2) is 54.6 Å². The quantitative estimate of drug-likeness (QED) is 0.839. The van der Waals surface area contributed by atoms with E-state index in [4.69, 9.17) is 0 Å². The molecule has 1 N–H and O–H groups in total. The van der Waals surface area contributed by atoms with Gasteiger partial charge in [0.1, 0.15) is 0 Å². The van der Waals surface area contributed by atoms with Gasteiger partial charge in [-0.15, -0.1) is 0 Å². The minimum Gasteiger partial charge on any atom is -0.345 e. The number of rotatable bonds is 6. The Labute approximate surface area is 151 Å². The van der Waals surface area contributed by atoms with Gasteiger partial charge in [-0.05, 0) is 55.6 Å². The van der Waals surface area contributed by atoms with Crippen molar-refractivity contribution in [2.24, 2.45) is 0 Å². The average molecular weight is 336 g/mol. The molecule has 1 aliphatic rings. The van der Waals surface area contributed by atoms with Crippen LogP contribution in [-0.4, -0.2) is 23.9 Å². The molecular weight excluding hydrogens is 308 g/mol. The summed E-state index contributed by atoms with van der Waals surface area (Å²) >= 11 is 0. The van der Waals surface area contributed by atoms with Gasteiger partial charge in [0.05, 0.1) is 6.04 Å². The second kappa shape index (κ2) is 8.82. The van der Waals surface area contributed by atoms with Crippen LogP contribution in [0.1, 0.15) is 60.1 Å². The Morgan fingerprint density at radius 3 is 2.32 bits per heavy atom. The summed E-state index contributed by atoms with van der Waals surface area (Å²) in [5.74, 6) is 0.000209. The summed E-state index contributed by atoms with van der Waals surface area (Å²) in [4.78, 5) is 15.1. The van der Waals surface area contributed by atoms with Gasteiger partial charge >= 0.3 is 0 Å². The third-order valence-corrected chi connectivity index (χ3v) is 4.99. The minimum atomic E-state index is 0.000209. The number of benzene rings is 2. The molecule has 1 fully saturated rings. The van der Waals surface area contributed by atoms with Crippen LogP contribution >= 0.6 is 0 Å². The number of hydrogen-bond acceptors (Lipinski definition) is 2. The third kappa shape index (κ3) is 4.93. The van der Waals surface area contributed by atoms with Crippen molar-refractivity contribution in [2.75, 3.05) is 13.1 Å². The summed E-state index contributed by atoms with van der Waals surface area (Å²) in [6.07, 6.45) is 4.84. The molecule has 1 aliphatic heterocycles. The summed E-state index contributed by atoms with van der Waals surface area (Å²) in [5, 5.41) is 3.15. The highest BCUT2D eigenvalue weighted by molar-refractivity contribution is 5.94. The summed E-state index contributed by atoms with van der Waals surface area (Å²) < 4.78 is 0. The Hall–Kier alpha value is -2.13. The van der Waals surface area contributed by atoms with E-state index in [0.29, 0.717) is 0 Å². The van der Waals surface area contributed by atoms with Crippen molar-refractivity contribution in [1.29, 1.82) is 0 Å². The van der Waals surface area contributed by atoms with E-state index in [1.807, 2.05) is 30.3 Å². The number of hydrogen-bond donors (Lipinski definition) is 1. The molecule has 1 saturated heterocycles. The maximum Gasteiger partial charge on any atom is 0.251 e. The summed E-state index contributed by atoms with van der Waals surface area (Å²) in [6, 6.07) is 18.3. The second-order valence-electron chi connectivity index (χ2n) is 6.88. The molecule has 3 heteroatoms. The van der Waals surface area contributed by atoms with E-state index in [9.17, 15) is 4.79 Å². The monoisotopic (exact) mass is 336 g/mol. The summed E-state index contributed by atoms with van der Waals surface area (Å²) in [6.45, 7) is 5.47. The van der Waals surface area contributed by atoms with E-state index in [1.54, 1.807) is 0 Å². The van der Waals surface area contributed by atoms with Gasteiger partial charge < -0.3 is 5.32 Å². The van der Waals surface area contributed by atoms with Crippen molar-refractivity contribution in [3.05, 3.63) is 71.3 Å². The number of carbonyl (C=O) groups is 1. The van der Waals surface area contributed by atoms with Crippen LogP contribution in [0.2, 0.25) is 0 Å². The molecule has 0 radical (unpaired) electrons. The zero-order valence-electron chi connectivity index (χ0n) is 15.1. The number of nitrogens with one attached hydrogen (secondary N) is 1. The fraction of sp³-hybridized carbons (Fsp3) is 0.409. The molecule has 132 valence electrons. The molecule has 1 atom stereocenters. The first-order chi connectivity index (χ1) is 12.3. The van der Waals surface area contributed by atoms with Gasteiger partial charge in [-0.3, -0.25) is 9.69 Å². The van der Waals surface area contributed by atoms with Gasteiger partial charge in [0.2, 0.25) is 0 Å². The maximum atomic E-state index is 12.6. The highest BCUT2D eigenvalue weighted by Gasteiger charge is 2.14. The summed E-state index contributed by atoms with van der Waals surface area (Å²) in [7, 11) is 0. The van der Waals surface area contributed by atoms with Gasteiger partial charge in [-0.1, -0.05) is 55.8 Å². The van der Waals surface area contributed by atoms with E-state index in [0.717, 1.165) is 24.1 Å². The number of likely N-dealkylation sites (tertiary alicyclic amines) is 1. The van der Waals surface area contributed by atoms with Crippen LogP contribution in [-0.2, 0) is 6.54 Å². The minimum absolute atomic E-state index is 0.000209. The van der Waals surface area contributed by atoms with Gasteiger partial charge in [0.15, 0.2) is 0 Å². The van der Waals surface area contributed by atoms with Crippen molar-refractivity contribution in [3.8, 4) is 0 Å². The van der Waals surface area contributed by atoms with E-state index in [2.05, 4.69) is 41.4 Å². The molecule has 3 rings (SSSR count). The Kier molecular flexibility index (Phi) is 6.24. The predicted molar refractivity (Wildman–Crippen MR) is 103 cm³/mol. The molecule has 0 bridgehead atoms. The molecule has 2 aromatic carbocycles. The second-order valence-corrected chi connectivity index (χ2v) is 6.88. The normalized spacial score (nSPS) is 16.4. The molecule has 0 saturated carbocycles.